The lowest BCUT2D eigenvalue weighted by Crippen LogP contribution is -2.75. The molecule has 166 valence electrons. The van der Waals surface area contributed by atoms with Crippen LogP contribution in [0.15, 0.2) is 35.5 Å². The highest BCUT2D eigenvalue weighted by Gasteiger charge is 2.60. The predicted octanol–water partition coefficient (Wildman–Crippen LogP) is -0.643. The number of aliphatic hydroxyl groups excluding tert-OH is 1. The predicted molar refractivity (Wildman–Crippen MR) is 104 cm³/mol. The summed E-state index contributed by atoms with van der Waals surface area (Å²) >= 11 is 5.82. The Labute approximate surface area is 181 Å². The molecule has 1 aromatic carbocycles. The van der Waals surface area contributed by atoms with Crippen molar-refractivity contribution in [1.82, 2.24) is 10.2 Å². The average Bonchev–Trinajstić information content (AvgIpc) is 2.68. The van der Waals surface area contributed by atoms with Gasteiger partial charge in [-0.3, -0.25) is 19.3 Å². The maximum Gasteiger partial charge on any atom is 0.352 e. The molecule has 0 bridgehead atoms. The molecule has 1 unspecified atom stereocenters. The summed E-state index contributed by atoms with van der Waals surface area (Å²) in [6.45, 7) is 0.448. The summed E-state index contributed by atoms with van der Waals surface area (Å²) in [5.74, 6) is -5.16. The first-order chi connectivity index (χ1) is 14.4. The van der Waals surface area contributed by atoms with E-state index in [9.17, 15) is 37.8 Å². The summed E-state index contributed by atoms with van der Waals surface area (Å²) in [6.07, 6.45) is -1.74. The van der Waals surface area contributed by atoms with E-state index in [1.54, 1.807) is 0 Å². The number of nitrogens with zero attached hydrogens (tertiary/aromatic N) is 1. The molecule has 0 aromatic heterocycles. The third-order valence-electron chi connectivity index (χ3n) is 4.73. The summed E-state index contributed by atoms with van der Waals surface area (Å²) in [5, 5.41) is 20.4. The van der Waals surface area contributed by atoms with Crippen LogP contribution in [-0.4, -0.2) is 71.1 Å². The van der Waals surface area contributed by atoms with Gasteiger partial charge in [-0.1, -0.05) is 23.7 Å². The Morgan fingerprint density at radius 3 is 2.61 bits per heavy atom. The lowest BCUT2D eigenvalue weighted by Gasteiger charge is -2.49. The Morgan fingerprint density at radius 1 is 1.35 bits per heavy atom. The summed E-state index contributed by atoms with van der Waals surface area (Å²) in [5.41, 5.74) is -0.766. The lowest BCUT2D eigenvalue weighted by molar-refractivity contribution is -0.152. The van der Waals surface area contributed by atoms with E-state index in [4.69, 9.17) is 16.3 Å². The number of amides is 2. The first-order valence-electron chi connectivity index (χ1n) is 8.81. The highest BCUT2D eigenvalue weighted by atomic mass is 35.5. The number of β-lactam (4-membered cyclic amide) rings is 1. The van der Waals surface area contributed by atoms with Crippen molar-refractivity contribution in [2.24, 2.45) is 0 Å². The van der Waals surface area contributed by atoms with Crippen molar-refractivity contribution < 1.29 is 42.5 Å². The Kier molecular flexibility index (Phi) is 6.07. The lowest BCUT2D eigenvalue weighted by atomic mass is 10.0. The fourth-order valence-corrected chi connectivity index (χ4v) is 5.59. The summed E-state index contributed by atoms with van der Waals surface area (Å²) in [7, 11) is -4.14. The first-order valence-corrected chi connectivity index (χ1v) is 10.9. The van der Waals surface area contributed by atoms with Gasteiger partial charge < -0.3 is 20.3 Å². The number of carboxylic acids is 1. The van der Waals surface area contributed by atoms with Crippen molar-refractivity contribution in [2.75, 3.05) is 12.4 Å². The molecule has 1 fully saturated rings. The molecule has 2 aliphatic heterocycles. The second-order valence-electron chi connectivity index (χ2n) is 6.89. The van der Waals surface area contributed by atoms with E-state index in [0.29, 0.717) is 4.90 Å². The fraction of sp³-hybridized carbons (Fsp3) is 0.333. The third-order valence-corrected chi connectivity index (χ3v) is 6.93. The van der Waals surface area contributed by atoms with E-state index in [1.807, 2.05) is 0 Å². The van der Waals surface area contributed by atoms with Crippen molar-refractivity contribution in [3.05, 3.63) is 46.1 Å². The number of carbonyl (C=O) groups excluding carboxylic acids is 3. The normalized spacial score (nSPS) is 22.8. The Bertz CT molecular complexity index is 1110. The number of carboxylic acid groups (broad SMARTS) is 1. The highest BCUT2D eigenvalue weighted by molar-refractivity contribution is 7.92. The Morgan fingerprint density at radius 2 is 2.03 bits per heavy atom. The Balaban J connectivity index is 1.86. The van der Waals surface area contributed by atoms with Gasteiger partial charge in [0.2, 0.25) is 0 Å². The molecular weight excluding hydrogens is 456 g/mol. The molecule has 13 heteroatoms. The minimum absolute atomic E-state index is 0.120. The molecule has 1 aromatic rings. The van der Waals surface area contributed by atoms with Crippen molar-refractivity contribution in [3.8, 4) is 0 Å². The monoisotopic (exact) mass is 472 g/mol. The average molecular weight is 473 g/mol. The zero-order chi connectivity index (χ0) is 23.1. The fourth-order valence-electron chi connectivity index (χ4n) is 3.38. The number of rotatable bonds is 6. The smallest absolute Gasteiger partial charge is 0.352 e. The summed E-state index contributed by atoms with van der Waals surface area (Å²) in [4.78, 5) is 48.2. The number of hydrogen-bond acceptors (Lipinski definition) is 8. The molecule has 3 atom stereocenters. The number of carbonyl (C=O) groups is 4. The number of benzene rings is 1. The molecule has 2 amide bonds. The third kappa shape index (κ3) is 4.27. The molecule has 2 aliphatic rings. The van der Waals surface area contributed by atoms with Gasteiger partial charge in [-0.15, -0.1) is 0 Å². The molecule has 0 radical (unpaired) electrons. The molecule has 2 heterocycles. The quantitative estimate of drug-likeness (QED) is 0.360. The van der Waals surface area contributed by atoms with Gasteiger partial charge in [0.1, 0.15) is 18.3 Å². The molecule has 0 spiro atoms. The SMILES string of the molecule is CC(=O)OCC1=C(C(=O)O)N2C(=O)[C@H](NC(=O)C(O)c3cccc(Cl)c3)[C@@H]2S(=O)(=O)C1. The van der Waals surface area contributed by atoms with E-state index < -0.39 is 69.2 Å². The van der Waals surface area contributed by atoms with E-state index in [1.165, 1.54) is 24.3 Å². The van der Waals surface area contributed by atoms with E-state index in [0.717, 1.165) is 6.92 Å². The van der Waals surface area contributed by atoms with E-state index >= 15 is 0 Å². The number of hydrogen-bond donors (Lipinski definition) is 3. The van der Waals surface area contributed by atoms with Gasteiger partial charge in [0.25, 0.3) is 11.8 Å². The number of aliphatic hydroxyl groups is 1. The van der Waals surface area contributed by atoms with Gasteiger partial charge in [-0.05, 0) is 17.7 Å². The van der Waals surface area contributed by atoms with E-state index in [-0.39, 0.29) is 16.2 Å². The number of esters is 1. The van der Waals surface area contributed by atoms with Crippen LogP contribution in [-0.2, 0) is 33.8 Å². The van der Waals surface area contributed by atoms with E-state index in [2.05, 4.69) is 5.32 Å². The number of aliphatic carboxylic acids is 1. The van der Waals surface area contributed by atoms with Crippen LogP contribution < -0.4 is 5.32 Å². The minimum Gasteiger partial charge on any atom is -0.477 e. The largest absolute Gasteiger partial charge is 0.477 e. The van der Waals surface area contributed by atoms with Gasteiger partial charge in [-0.25, -0.2) is 13.2 Å². The van der Waals surface area contributed by atoms with Crippen LogP contribution in [0.1, 0.15) is 18.6 Å². The highest BCUT2D eigenvalue weighted by Crippen LogP contribution is 2.37. The van der Waals surface area contributed by atoms with Gasteiger partial charge in [0, 0.05) is 17.5 Å². The van der Waals surface area contributed by atoms with Crippen LogP contribution in [0.4, 0.5) is 0 Å². The molecule has 3 N–H and O–H groups in total. The van der Waals surface area contributed by atoms with Crippen molar-refractivity contribution in [1.29, 1.82) is 0 Å². The molecular formula is C18H17ClN2O9S. The van der Waals surface area contributed by atoms with Crippen molar-refractivity contribution >= 4 is 45.2 Å². The van der Waals surface area contributed by atoms with Crippen molar-refractivity contribution in [3.63, 3.8) is 0 Å². The molecule has 1 saturated heterocycles. The van der Waals surface area contributed by atoms with Gasteiger partial charge in [0.05, 0.1) is 5.75 Å². The number of halogens is 1. The molecule has 3 rings (SSSR count). The molecule has 0 aliphatic carbocycles. The second kappa shape index (κ2) is 8.29. The van der Waals surface area contributed by atoms with Crippen LogP contribution in [0.25, 0.3) is 0 Å². The summed E-state index contributed by atoms with van der Waals surface area (Å²) in [6, 6.07) is 4.16. The zero-order valence-corrected chi connectivity index (χ0v) is 17.5. The summed E-state index contributed by atoms with van der Waals surface area (Å²) < 4.78 is 30.1. The molecule has 11 nitrogen and oxygen atoms in total. The molecule has 0 saturated carbocycles. The van der Waals surface area contributed by atoms with Gasteiger partial charge >= 0.3 is 11.9 Å². The van der Waals surface area contributed by atoms with Crippen LogP contribution in [0.3, 0.4) is 0 Å². The number of nitrogens with one attached hydrogen (secondary N) is 1. The zero-order valence-electron chi connectivity index (χ0n) is 15.9. The van der Waals surface area contributed by atoms with Crippen LogP contribution in [0.5, 0.6) is 0 Å². The van der Waals surface area contributed by atoms with Gasteiger partial charge in [-0.2, -0.15) is 0 Å². The van der Waals surface area contributed by atoms with Gasteiger partial charge in [0.15, 0.2) is 21.3 Å². The minimum atomic E-state index is -4.14. The number of ether oxygens (including phenoxy) is 1. The standard InChI is InChI=1S/C18H17ClN2O9S/c1-8(22)30-6-10-7-31(28,29)17-12(16(25)21(17)13(10)18(26)27)20-15(24)14(23)9-3-2-4-11(19)5-9/h2-5,12,14,17,23H,6-7H2,1H3,(H,20,24)(H,26,27)/t12-,14?,17-/m0/s1. The Hall–Kier alpha value is -2.96. The maximum atomic E-state index is 12.7. The topological polar surface area (TPSA) is 167 Å². The van der Waals surface area contributed by atoms with Crippen LogP contribution >= 0.6 is 11.6 Å². The number of fused-ring (bicyclic) bond motifs is 1. The number of sulfone groups is 1. The second-order valence-corrected chi connectivity index (χ2v) is 9.42. The van der Waals surface area contributed by atoms with Crippen LogP contribution in [0, 0.1) is 0 Å². The van der Waals surface area contributed by atoms with Crippen LogP contribution in [0.2, 0.25) is 5.02 Å². The first kappa shape index (κ1) is 22.7. The molecule has 31 heavy (non-hydrogen) atoms. The van der Waals surface area contributed by atoms with Crippen molar-refractivity contribution in [2.45, 2.75) is 24.4 Å². The maximum absolute atomic E-state index is 12.7.